The lowest BCUT2D eigenvalue weighted by Crippen LogP contribution is -2.24. The molecule has 0 radical (unpaired) electrons. The maximum atomic E-state index is 12.1. The average Bonchev–Trinajstić information content (AvgIpc) is 2.78. The SMILES string of the molecule is CC(=O)SCC1CC(=O)N(c2cccc(CC#N)c2)C1. The number of anilines is 1. The summed E-state index contributed by atoms with van der Waals surface area (Å²) in [6.45, 7) is 2.19. The number of benzene rings is 1. The van der Waals surface area contributed by atoms with Crippen LogP contribution in [-0.4, -0.2) is 23.3 Å². The van der Waals surface area contributed by atoms with Gasteiger partial charge in [0, 0.05) is 31.3 Å². The molecule has 104 valence electrons. The fourth-order valence-electron chi connectivity index (χ4n) is 2.30. The summed E-state index contributed by atoms with van der Waals surface area (Å²) < 4.78 is 0. The molecule has 1 fully saturated rings. The van der Waals surface area contributed by atoms with E-state index in [9.17, 15) is 9.59 Å². The lowest BCUT2D eigenvalue weighted by molar-refractivity contribution is -0.117. The van der Waals surface area contributed by atoms with Crippen molar-refractivity contribution in [3.8, 4) is 6.07 Å². The maximum Gasteiger partial charge on any atom is 0.227 e. The Labute approximate surface area is 122 Å². The highest BCUT2D eigenvalue weighted by Gasteiger charge is 2.30. The van der Waals surface area contributed by atoms with Crippen LogP contribution in [0.4, 0.5) is 5.69 Å². The topological polar surface area (TPSA) is 61.2 Å². The molecule has 1 unspecified atom stereocenters. The summed E-state index contributed by atoms with van der Waals surface area (Å²) in [5.74, 6) is 0.999. The molecule has 0 spiro atoms. The highest BCUT2D eigenvalue weighted by Crippen LogP contribution is 2.28. The average molecular weight is 288 g/mol. The Morgan fingerprint density at radius 1 is 1.55 bits per heavy atom. The fraction of sp³-hybridized carbons (Fsp3) is 0.400. The van der Waals surface area contributed by atoms with Gasteiger partial charge >= 0.3 is 0 Å². The minimum absolute atomic E-state index is 0.0897. The second kappa shape index (κ2) is 6.58. The molecular formula is C15H16N2O2S. The summed E-state index contributed by atoms with van der Waals surface area (Å²) in [7, 11) is 0. The Morgan fingerprint density at radius 2 is 2.35 bits per heavy atom. The molecule has 1 amide bonds. The van der Waals surface area contributed by atoms with Crippen molar-refractivity contribution < 1.29 is 9.59 Å². The number of hydrogen-bond donors (Lipinski definition) is 0. The molecule has 1 aliphatic heterocycles. The zero-order valence-corrected chi connectivity index (χ0v) is 12.2. The molecular weight excluding hydrogens is 272 g/mol. The predicted molar refractivity (Wildman–Crippen MR) is 79.4 cm³/mol. The maximum absolute atomic E-state index is 12.1. The highest BCUT2D eigenvalue weighted by molar-refractivity contribution is 8.13. The van der Waals surface area contributed by atoms with E-state index >= 15 is 0 Å². The van der Waals surface area contributed by atoms with E-state index in [0.717, 1.165) is 11.3 Å². The van der Waals surface area contributed by atoms with Gasteiger partial charge in [0.15, 0.2) is 5.12 Å². The molecule has 0 bridgehead atoms. The summed E-state index contributed by atoms with van der Waals surface area (Å²) in [6.07, 6.45) is 0.836. The Bertz CT molecular complexity index is 565. The van der Waals surface area contributed by atoms with Crippen molar-refractivity contribution in [1.82, 2.24) is 0 Å². The van der Waals surface area contributed by atoms with E-state index in [0.29, 0.717) is 25.1 Å². The standard InChI is InChI=1S/C15H16N2O2S/c1-11(18)20-10-13-8-15(19)17(9-13)14-4-2-3-12(7-14)5-6-16/h2-4,7,13H,5,8-10H2,1H3. The van der Waals surface area contributed by atoms with E-state index < -0.39 is 0 Å². The largest absolute Gasteiger partial charge is 0.312 e. The Morgan fingerprint density at radius 3 is 3.05 bits per heavy atom. The third kappa shape index (κ3) is 3.61. The number of carbonyl (C=O) groups excluding carboxylic acids is 2. The van der Waals surface area contributed by atoms with Crippen molar-refractivity contribution in [3.05, 3.63) is 29.8 Å². The van der Waals surface area contributed by atoms with E-state index in [1.54, 1.807) is 11.8 Å². The molecule has 20 heavy (non-hydrogen) atoms. The molecule has 0 aliphatic carbocycles. The molecule has 1 aliphatic rings. The number of rotatable bonds is 4. The molecule has 0 saturated carbocycles. The molecule has 1 atom stereocenters. The van der Waals surface area contributed by atoms with Crippen molar-refractivity contribution in [3.63, 3.8) is 0 Å². The van der Waals surface area contributed by atoms with Gasteiger partial charge in [-0.05, 0) is 23.6 Å². The molecule has 4 nitrogen and oxygen atoms in total. The minimum Gasteiger partial charge on any atom is -0.312 e. The van der Waals surface area contributed by atoms with Gasteiger partial charge in [-0.2, -0.15) is 5.26 Å². The monoisotopic (exact) mass is 288 g/mol. The molecule has 1 aromatic rings. The molecule has 1 saturated heterocycles. The van der Waals surface area contributed by atoms with E-state index in [4.69, 9.17) is 5.26 Å². The van der Waals surface area contributed by atoms with Crippen molar-refractivity contribution in [2.24, 2.45) is 5.92 Å². The van der Waals surface area contributed by atoms with Crippen LogP contribution >= 0.6 is 11.8 Å². The number of amides is 1. The Kier molecular flexibility index (Phi) is 4.80. The van der Waals surface area contributed by atoms with Crippen LogP contribution in [0.3, 0.4) is 0 Å². The van der Waals surface area contributed by atoms with Gasteiger partial charge in [0.25, 0.3) is 0 Å². The van der Waals surface area contributed by atoms with Crippen molar-refractivity contribution in [2.75, 3.05) is 17.2 Å². The summed E-state index contributed by atoms with van der Waals surface area (Å²) in [5.41, 5.74) is 1.76. The van der Waals surface area contributed by atoms with Crippen molar-refractivity contribution in [1.29, 1.82) is 5.26 Å². The second-order valence-electron chi connectivity index (χ2n) is 4.88. The Balaban J connectivity index is 2.06. The highest BCUT2D eigenvalue weighted by atomic mass is 32.2. The molecule has 0 aromatic heterocycles. The van der Waals surface area contributed by atoms with Gasteiger partial charge in [0.05, 0.1) is 12.5 Å². The van der Waals surface area contributed by atoms with E-state index in [1.807, 2.05) is 24.3 Å². The molecule has 5 heteroatoms. The second-order valence-corrected chi connectivity index (χ2v) is 6.08. The quantitative estimate of drug-likeness (QED) is 0.853. The van der Waals surface area contributed by atoms with Crippen LogP contribution in [0.25, 0.3) is 0 Å². The van der Waals surface area contributed by atoms with E-state index in [2.05, 4.69) is 6.07 Å². The van der Waals surface area contributed by atoms with Crippen LogP contribution in [-0.2, 0) is 16.0 Å². The fourth-order valence-corrected chi connectivity index (χ4v) is 3.00. The summed E-state index contributed by atoms with van der Waals surface area (Å²) in [5, 5.41) is 8.82. The molecule has 0 N–H and O–H groups in total. The summed E-state index contributed by atoms with van der Waals surface area (Å²) in [4.78, 5) is 24.8. The van der Waals surface area contributed by atoms with Gasteiger partial charge in [0.1, 0.15) is 0 Å². The number of carbonyl (C=O) groups is 2. The van der Waals surface area contributed by atoms with Gasteiger partial charge in [-0.25, -0.2) is 0 Å². The van der Waals surface area contributed by atoms with Gasteiger partial charge in [-0.15, -0.1) is 0 Å². The first kappa shape index (κ1) is 14.6. The molecule has 1 heterocycles. The molecule has 2 rings (SSSR count). The van der Waals surface area contributed by atoms with Crippen LogP contribution in [0.5, 0.6) is 0 Å². The zero-order valence-electron chi connectivity index (χ0n) is 11.3. The summed E-state index contributed by atoms with van der Waals surface area (Å²) in [6, 6.07) is 9.64. The Hall–Kier alpha value is -1.80. The molecule has 1 aromatic carbocycles. The first-order chi connectivity index (χ1) is 9.60. The number of nitriles is 1. The van der Waals surface area contributed by atoms with Gasteiger partial charge in [0.2, 0.25) is 5.91 Å². The third-order valence-electron chi connectivity index (χ3n) is 3.23. The first-order valence-corrected chi connectivity index (χ1v) is 7.48. The van der Waals surface area contributed by atoms with Gasteiger partial charge in [-0.1, -0.05) is 23.9 Å². The lowest BCUT2D eigenvalue weighted by atomic mass is 10.1. The van der Waals surface area contributed by atoms with Crippen LogP contribution in [0.1, 0.15) is 18.9 Å². The van der Waals surface area contributed by atoms with Crippen LogP contribution in [0.2, 0.25) is 0 Å². The van der Waals surface area contributed by atoms with Crippen LogP contribution in [0.15, 0.2) is 24.3 Å². The predicted octanol–water partition coefficient (Wildman–Crippen LogP) is 2.39. The normalized spacial score (nSPS) is 18.1. The third-order valence-corrected chi connectivity index (χ3v) is 4.28. The van der Waals surface area contributed by atoms with Gasteiger partial charge in [-0.3, -0.25) is 9.59 Å². The summed E-state index contributed by atoms with van der Waals surface area (Å²) >= 11 is 1.28. The van der Waals surface area contributed by atoms with Crippen LogP contribution in [0, 0.1) is 17.2 Å². The van der Waals surface area contributed by atoms with Crippen LogP contribution < -0.4 is 4.90 Å². The number of hydrogen-bond acceptors (Lipinski definition) is 4. The van der Waals surface area contributed by atoms with E-state index in [1.165, 1.54) is 11.8 Å². The smallest absolute Gasteiger partial charge is 0.227 e. The number of thioether (sulfide) groups is 1. The number of nitrogens with zero attached hydrogens (tertiary/aromatic N) is 2. The van der Waals surface area contributed by atoms with E-state index in [-0.39, 0.29) is 16.9 Å². The minimum atomic E-state index is 0.0897. The zero-order chi connectivity index (χ0) is 14.5. The first-order valence-electron chi connectivity index (χ1n) is 6.49. The van der Waals surface area contributed by atoms with Gasteiger partial charge < -0.3 is 4.90 Å². The van der Waals surface area contributed by atoms with Crippen molar-refractivity contribution in [2.45, 2.75) is 19.8 Å². The lowest BCUT2D eigenvalue weighted by Gasteiger charge is -2.17. The van der Waals surface area contributed by atoms with Crippen molar-refractivity contribution >= 4 is 28.5 Å².